The summed E-state index contributed by atoms with van der Waals surface area (Å²) in [7, 11) is 3.84. The van der Waals surface area contributed by atoms with Gasteiger partial charge in [-0.3, -0.25) is 0 Å². The van der Waals surface area contributed by atoms with Crippen LogP contribution in [-0.4, -0.2) is 20.6 Å². The van der Waals surface area contributed by atoms with Crippen molar-refractivity contribution in [2.75, 3.05) is 25.5 Å². The highest BCUT2D eigenvalue weighted by molar-refractivity contribution is 5.55. The van der Waals surface area contributed by atoms with Gasteiger partial charge in [0.15, 0.2) is 0 Å². The van der Waals surface area contributed by atoms with Crippen LogP contribution in [0.1, 0.15) is 18.5 Å². The maximum Gasteiger partial charge on any atom is 0.123 e. The highest BCUT2D eigenvalue weighted by atomic mass is 19.1. The van der Waals surface area contributed by atoms with E-state index in [9.17, 15) is 4.39 Å². The molecule has 0 saturated carbocycles. The summed E-state index contributed by atoms with van der Waals surface area (Å²) in [6.45, 7) is 6.47. The molecule has 0 heterocycles. The van der Waals surface area contributed by atoms with Gasteiger partial charge in [-0.1, -0.05) is 6.08 Å². The van der Waals surface area contributed by atoms with Crippen LogP contribution < -0.4 is 10.2 Å². The Hall–Kier alpha value is -1.35. The molecule has 0 aliphatic heterocycles. The Kier molecular flexibility index (Phi) is 4.50. The van der Waals surface area contributed by atoms with E-state index in [0.717, 1.165) is 17.8 Å². The molecule has 0 aliphatic carbocycles. The van der Waals surface area contributed by atoms with Gasteiger partial charge in [-0.05, 0) is 37.7 Å². The number of rotatable bonds is 5. The molecule has 0 saturated heterocycles. The van der Waals surface area contributed by atoms with E-state index in [1.807, 2.05) is 33.2 Å². The van der Waals surface area contributed by atoms with Gasteiger partial charge in [-0.15, -0.1) is 6.58 Å². The fourth-order valence-electron chi connectivity index (χ4n) is 1.67. The standard InChI is InChI=1S/C13H19FN2/c1-5-8-16(4)13-7-6-11(14)9-12(13)10(2)15-3/h5-7,9-10,15H,1,8H2,2-4H3. The van der Waals surface area contributed by atoms with Crippen LogP contribution in [0.5, 0.6) is 0 Å². The smallest absolute Gasteiger partial charge is 0.123 e. The quantitative estimate of drug-likeness (QED) is 0.771. The lowest BCUT2D eigenvalue weighted by atomic mass is 10.1. The van der Waals surface area contributed by atoms with E-state index in [0.29, 0.717) is 0 Å². The Morgan fingerprint density at radius 3 is 2.81 bits per heavy atom. The van der Waals surface area contributed by atoms with Crippen molar-refractivity contribution in [3.8, 4) is 0 Å². The number of hydrogen-bond donors (Lipinski definition) is 1. The molecule has 1 unspecified atom stereocenters. The van der Waals surface area contributed by atoms with E-state index in [4.69, 9.17) is 0 Å². The van der Waals surface area contributed by atoms with E-state index in [1.54, 1.807) is 6.07 Å². The summed E-state index contributed by atoms with van der Waals surface area (Å²) in [6.07, 6.45) is 1.83. The van der Waals surface area contributed by atoms with Crippen LogP contribution in [0.4, 0.5) is 10.1 Å². The van der Waals surface area contributed by atoms with Crippen LogP contribution >= 0.6 is 0 Å². The Morgan fingerprint density at radius 1 is 1.56 bits per heavy atom. The van der Waals surface area contributed by atoms with Gasteiger partial charge in [0.1, 0.15) is 5.82 Å². The number of benzene rings is 1. The average molecular weight is 222 g/mol. The van der Waals surface area contributed by atoms with Crippen LogP contribution in [0.15, 0.2) is 30.9 Å². The topological polar surface area (TPSA) is 15.3 Å². The normalized spacial score (nSPS) is 12.2. The van der Waals surface area contributed by atoms with Crippen LogP contribution in [0, 0.1) is 5.82 Å². The third kappa shape index (κ3) is 2.83. The Balaban J connectivity index is 3.11. The van der Waals surface area contributed by atoms with Gasteiger partial charge in [0.05, 0.1) is 0 Å². The Labute approximate surface area is 96.8 Å². The molecule has 0 aliphatic rings. The molecule has 3 heteroatoms. The first-order chi connectivity index (χ1) is 7.60. The van der Waals surface area contributed by atoms with E-state index >= 15 is 0 Å². The summed E-state index contributed by atoms with van der Waals surface area (Å²) in [4.78, 5) is 2.05. The van der Waals surface area contributed by atoms with Crippen molar-refractivity contribution < 1.29 is 4.39 Å². The molecule has 0 aromatic heterocycles. The minimum Gasteiger partial charge on any atom is -0.371 e. The fourth-order valence-corrected chi connectivity index (χ4v) is 1.67. The van der Waals surface area contributed by atoms with Gasteiger partial charge < -0.3 is 10.2 Å². The first-order valence-corrected chi connectivity index (χ1v) is 5.39. The first kappa shape index (κ1) is 12.7. The molecule has 1 atom stereocenters. The second-order valence-corrected chi connectivity index (χ2v) is 3.88. The van der Waals surface area contributed by atoms with Crippen molar-refractivity contribution in [3.05, 3.63) is 42.2 Å². The predicted octanol–water partition coefficient (Wildman–Crippen LogP) is 2.73. The second kappa shape index (κ2) is 5.66. The summed E-state index contributed by atoms with van der Waals surface area (Å²) in [5.74, 6) is -0.201. The zero-order valence-corrected chi connectivity index (χ0v) is 10.1. The van der Waals surface area contributed by atoms with Gasteiger partial charge in [0.25, 0.3) is 0 Å². The van der Waals surface area contributed by atoms with E-state index in [1.165, 1.54) is 6.07 Å². The van der Waals surface area contributed by atoms with Gasteiger partial charge in [-0.2, -0.15) is 0 Å². The largest absolute Gasteiger partial charge is 0.371 e. The number of anilines is 1. The highest BCUT2D eigenvalue weighted by Gasteiger charge is 2.12. The molecular formula is C13H19FN2. The van der Waals surface area contributed by atoms with E-state index in [-0.39, 0.29) is 11.9 Å². The first-order valence-electron chi connectivity index (χ1n) is 5.39. The summed E-state index contributed by atoms with van der Waals surface area (Å²) in [5.41, 5.74) is 2.00. The number of likely N-dealkylation sites (N-methyl/N-ethyl adjacent to an activating group) is 1. The summed E-state index contributed by atoms with van der Waals surface area (Å²) in [6, 6.07) is 5.00. The molecule has 1 rings (SSSR count). The predicted molar refractivity (Wildman–Crippen MR) is 67.3 cm³/mol. The van der Waals surface area contributed by atoms with Gasteiger partial charge in [0, 0.05) is 25.3 Å². The highest BCUT2D eigenvalue weighted by Crippen LogP contribution is 2.26. The third-order valence-electron chi connectivity index (χ3n) is 2.70. The summed E-state index contributed by atoms with van der Waals surface area (Å²) in [5, 5.41) is 3.13. The summed E-state index contributed by atoms with van der Waals surface area (Å²) >= 11 is 0. The number of nitrogens with zero attached hydrogens (tertiary/aromatic N) is 1. The van der Waals surface area contributed by atoms with E-state index < -0.39 is 0 Å². The maximum atomic E-state index is 13.2. The summed E-state index contributed by atoms with van der Waals surface area (Å²) < 4.78 is 13.2. The van der Waals surface area contributed by atoms with Crippen LogP contribution in [0.2, 0.25) is 0 Å². The lowest BCUT2D eigenvalue weighted by Gasteiger charge is -2.24. The zero-order valence-electron chi connectivity index (χ0n) is 10.1. The molecular weight excluding hydrogens is 203 g/mol. The lowest BCUT2D eigenvalue weighted by molar-refractivity contribution is 0.608. The lowest BCUT2D eigenvalue weighted by Crippen LogP contribution is -2.22. The average Bonchev–Trinajstić information content (AvgIpc) is 2.28. The molecule has 0 spiro atoms. The van der Waals surface area contributed by atoms with Crippen molar-refractivity contribution in [1.29, 1.82) is 0 Å². The molecule has 0 amide bonds. The number of hydrogen-bond acceptors (Lipinski definition) is 2. The number of halogens is 1. The number of nitrogens with one attached hydrogen (secondary N) is 1. The molecule has 88 valence electrons. The van der Waals surface area contributed by atoms with Crippen LogP contribution in [0.25, 0.3) is 0 Å². The van der Waals surface area contributed by atoms with Crippen LogP contribution in [-0.2, 0) is 0 Å². The molecule has 16 heavy (non-hydrogen) atoms. The molecule has 0 radical (unpaired) electrons. The molecule has 0 fully saturated rings. The van der Waals surface area contributed by atoms with Crippen molar-refractivity contribution in [2.24, 2.45) is 0 Å². The Bertz CT molecular complexity index is 363. The van der Waals surface area contributed by atoms with Crippen molar-refractivity contribution >= 4 is 5.69 Å². The van der Waals surface area contributed by atoms with Crippen molar-refractivity contribution in [3.63, 3.8) is 0 Å². The second-order valence-electron chi connectivity index (χ2n) is 3.88. The van der Waals surface area contributed by atoms with Crippen molar-refractivity contribution in [1.82, 2.24) is 5.32 Å². The molecule has 1 aromatic rings. The molecule has 0 bridgehead atoms. The van der Waals surface area contributed by atoms with Gasteiger partial charge in [-0.25, -0.2) is 4.39 Å². The Morgan fingerprint density at radius 2 is 2.25 bits per heavy atom. The maximum absolute atomic E-state index is 13.2. The van der Waals surface area contributed by atoms with Gasteiger partial charge >= 0.3 is 0 Å². The monoisotopic (exact) mass is 222 g/mol. The minimum absolute atomic E-state index is 0.123. The molecule has 1 N–H and O–H groups in total. The third-order valence-corrected chi connectivity index (χ3v) is 2.70. The van der Waals surface area contributed by atoms with Gasteiger partial charge in [0.2, 0.25) is 0 Å². The molecule has 2 nitrogen and oxygen atoms in total. The SMILES string of the molecule is C=CCN(C)c1ccc(F)cc1C(C)NC. The fraction of sp³-hybridized carbons (Fsp3) is 0.385. The zero-order chi connectivity index (χ0) is 12.1. The van der Waals surface area contributed by atoms with E-state index in [2.05, 4.69) is 16.8 Å². The minimum atomic E-state index is -0.201. The molecule has 1 aromatic carbocycles. The van der Waals surface area contributed by atoms with Crippen LogP contribution in [0.3, 0.4) is 0 Å². The van der Waals surface area contributed by atoms with Crippen molar-refractivity contribution in [2.45, 2.75) is 13.0 Å².